The van der Waals surface area contributed by atoms with Crippen molar-refractivity contribution in [2.75, 3.05) is 0 Å². The lowest BCUT2D eigenvalue weighted by atomic mass is 9.97. The van der Waals surface area contributed by atoms with E-state index in [1.54, 1.807) is 0 Å². The number of carbonyl (C=O) groups excluding carboxylic acids is 1. The molecule has 1 N–H and O–H groups in total. The molecule has 1 atom stereocenters. The second-order valence-corrected chi connectivity index (χ2v) is 6.86. The fraction of sp³-hybridized carbons (Fsp3) is 0.150. The molecule has 0 aliphatic carbocycles. The van der Waals surface area contributed by atoms with Gasteiger partial charge in [0.2, 0.25) is 0 Å². The number of fused-ring (bicyclic) bond motifs is 1. The number of nitrogens with one attached hydrogen (secondary N) is 1. The molecule has 0 aliphatic rings. The number of carbonyl (C=O) groups is 1. The van der Waals surface area contributed by atoms with Crippen molar-refractivity contribution in [3.8, 4) is 0 Å². The van der Waals surface area contributed by atoms with Crippen LogP contribution in [0.25, 0.3) is 5.65 Å². The second-order valence-electron chi connectivity index (χ2n) is 6.86. The number of hydrogen-bond acceptors (Lipinski definition) is 5. The molecule has 170 valence electrons. The summed E-state index contributed by atoms with van der Waals surface area (Å²) in [6, 6.07) is 6.43. The van der Waals surface area contributed by atoms with E-state index in [4.69, 9.17) is 0 Å². The molecule has 3 heterocycles. The van der Waals surface area contributed by atoms with Crippen LogP contribution >= 0.6 is 0 Å². The summed E-state index contributed by atoms with van der Waals surface area (Å²) in [5, 5.41) is 13.2. The van der Waals surface area contributed by atoms with E-state index in [1.807, 2.05) is 0 Å². The van der Waals surface area contributed by atoms with Crippen LogP contribution in [0.4, 0.5) is 26.3 Å². The predicted molar refractivity (Wildman–Crippen MR) is 101 cm³/mol. The summed E-state index contributed by atoms with van der Waals surface area (Å²) in [6.07, 6.45) is -6.98. The number of tetrazole rings is 1. The van der Waals surface area contributed by atoms with E-state index in [1.165, 1.54) is 22.8 Å². The normalized spacial score (nSPS) is 13.2. The number of halogens is 6. The standard InChI is InChI=1S/C20H12F6N6O/c21-19(22,23)13-5-3-11(4-6-13)16(17-14(20(24,25)26)2-1-8-27-17)28-18(33)12-7-9-32-15(10-12)29-30-31-32/h1-10,16H,(H,28,33). The van der Waals surface area contributed by atoms with E-state index in [0.717, 1.165) is 42.6 Å². The highest BCUT2D eigenvalue weighted by molar-refractivity contribution is 5.95. The van der Waals surface area contributed by atoms with Crippen LogP contribution in [0, 0.1) is 0 Å². The molecule has 4 rings (SSSR count). The molecule has 7 nitrogen and oxygen atoms in total. The molecule has 1 unspecified atom stereocenters. The quantitative estimate of drug-likeness (QED) is 0.459. The van der Waals surface area contributed by atoms with Crippen molar-refractivity contribution in [3.63, 3.8) is 0 Å². The Morgan fingerprint density at radius 1 is 0.970 bits per heavy atom. The number of benzene rings is 1. The molecule has 4 aromatic rings. The smallest absolute Gasteiger partial charge is 0.340 e. The van der Waals surface area contributed by atoms with E-state index >= 15 is 0 Å². The Kier molecular flexibility index (Phi) is 5.47. The molecule has 0 spiro atoms. The first-order valence-electron chi connectivity index (χ1n) is 9.22. The highest BCUT2D eigenvalue weighted by Gasteiger charge is 2.37. The first-order chi connectivity index (χ1) is 15.5. The highest BCUT2D eigenvalue weighted by atomic mass is 19.4. The van der Waals surface area contributed by atoms with Gasteiger partial charge in [0.1, 0.15) is 0 Å². The lowest BCUT2D eigenvalue weighted by molar-refractivity contribution is -0.139. The number of hydrogen-bond donors (Lipinski definition) is 1. The van der Waals surface area contributed by atoms with Crippen LogP contribution in [-0.4, -0.2) is 30.9 Å². The van der Waals surface area contributed by atoms with E-state index in [-0.39, 0.29) is 16.8 Å². The molecule has 0 aliphatic heterocycles. The van der Waals surface area contributed by atoms with E-state index in [2.05, 4.69) is 25.8 Å². The van der Waals surface area contributed by atoms with Gasteiger partial charge in [-0.05, 0) is 52.4 Å². The number of alkyl halides is 6. The zero-order valence-electron chi connectivity index (χ0n) is 16.3. The van der Waals surface area contributed by atoms with Gasteiger partial charge in [0.05, 0.1) is 22.9 Å². The lowest BCUT2D eigenvalue weighted by Crippen LogP contribution is -2.31. The molecular weight excluding hydrogens is 454 g/mol. The third kappa shape index (κ3) is 4.61. The Bertz CT molecular complexity index is 1300. The molecular formula is C20H12F6N6O. The zero-order valence-corrected chi connectivity index (χ0v) is 16.3. The van der Waals surface area contributed by atoms with Crippen LogP contribution in [0.5, 0.6) is 0 Å². The minimum absolute atomic E-state index is 0.0224. The first kappa shape index (κ1) is 22.2. The molecule has 0 fully saturated rings. The van der Waals surface area contributed by atoms with Crippen molar-refractivity contribution in [1.82, 2.24) is 30.3 Å². The first-order valence-corrected chi connectivity index (χ1v) is 9.22. The highest BCUT2D eigenvalue weighted by Crippen LogP contribution is 2.36. The maximum Gasteiger partial charge on any atom is 0.418 e. The average molecular weight is 466 g/mol. The molecule has 3 aromatic heterocycles. The molecule has 0 saturated carbocycles. The van der Waals surface area contributed by atoms with Gasteiger partial charge in [-0.3, -0.25) is 9.78 Å². The van der Waals surface area contributed by atoms with E-state index in [0.29, 0.717) is 0 Å². The van der Waals surface area contributed by atoms with Crippen LogP contribution in [0.3, 0.4) is 0 Å². The minimum atomic E-state index is -4.81. The summed E-state index contributed by atoms with van der Waals surface area (Å²) in [5.74, 6) is -0.802. The van der Waals surface area contributed by atoms with Gasteiger partial charge in [-0.2, -0.15) is 26.3 Å². The van der Waals surface area contributed by atoms with Gasteiger partial charge >= 0.3 is 12.4 Å². The predicted octanol–water partition coefficient (Wildman–Crippen LogP) is 4.08. The van der Waals surface area contributed by atoms with Crippen molar-refractivity contribution in [3.05, 3.63) is 88.9 Å². The molecule has 13 heteroatoms. The third-order valence-corrected chi connectivity index (χ3v) is 4.72. The summed E-state index contributed by atoms with van der Waals surface area (Å²) in [4.78, 5) is 16.7. The SMILES string of the molecule is O=C(NC(c1ccc(C(F)(F)F)cc1)c1ncccc1C(F)(F)F)c1ccn2nnnc2c1. The molecule has 1 amide bonds. The summed E-state index contributed by atoms with van der Waals surface area (Å²) < 4.78 is 81.0. The monoisotopic (exact) mass is 466 g/mol. The lowest BCUT2D eigenvalue weighted by Gasteiger charge is -2.23. The van der Waals surface area contributed by atoms with Gasteiger partial charge in [-0.1, -0.05) is 12.1 Å². The Hall–Kier alpha value is -4.03. The van der Waals surface area contributed by atoms with Crippen molar-refractivity contribution in [1.29, 1.82) is 0 Å². The number of nitrogens with zero attached hydrogens (tertiary/aromatic N) is 5. The minimum Gasteiger partial charge on any atom is -0.340 e. The number of amides is 1. The van der Waals surface area contributed by atoms with Gasteiger partial charge in [-0.25, -0.2) is 4.52 Å². The van der Waals surface area contributed by atoms with Gasteiger partial charge < -0.3 is 5.32 Å². The molecule has 0 saturated heterocycles. The summed E-state index contributed by atoms with van der Waals surface area (Å²) in [6.45, 7) is 0. The molecule has 33 heavy (non-hydrogen) atoms. The van der Waals surface area contributed by atoms with Gasteiger partial charge in [0.25, 0.3) is 5.91 Å². The van der Waals surface area contributed by atoms with Gasteiger partial charge in [0, 0.05) is 18.0 Å². The van der Waals surface area contributed by atoms with E-state index < -0.39 is 41.1 Å². The van der Waals surface area contributed by atoms with Crippen LogP contribution in [0.1, 0.15) is 38.8 Å². The number of rotatable bonds is 4. The van der Waals surface area contributed by atoms with Gasteiger partial charge in [-0.15, -0.1) is 5.10 Å². The number of aromatic nitrogens is 5. The van der Waals surface area contributed by atoms with Crippen molar-refractivity contribution in [2.24, 2.45) is 0 Å². The fourth-order valence-corrected chi connectivity index (χ4v) is 3.16. The largest absolute Gasteiger partial charge is 0.418 e. The topological polar surface area (TPSA) is 85.1 Å². The fourth-order valence-electron chi connectivity index (χ4n) is 3.16. The van der Waals surface area contributed by atoms with E-state index in [9.17, 15) is 31.1 Å². The Morgan fingerprint density at radius 2 is 1.70 bits per heavy atom. The Balaban J connectivity index is 1.77. The maximum atomic E-state index is 13.6. The van der Waals surface area contributed by atoms with Crippen molar-refractivity contribution in [2.45, 2.75) is 18.4 Å². The number of pyridine rings is 2. The molecule has 1 aromatic carbocycles. The zero-order chi connectivity index (χ0) is 23.8. The summed E-state index contributed by atoms with van der Waals surface area (Å²) in [5.41, 5.74) is -2.47. The van der Waals surface area contributed by atoms with Crippen LogP contribution in [0.2, 0.25) is 0 Å². The van der Waals surface area contributed by atoms with Crippen molar-refractivity contribution >= 4 is 11.6 Å². The Labute approximate surface area is 181 Å². The van der Waals surface area contributed by atoms with Crippen LogP contribution in [0.15, 0.2) is 60.9 Å². The van der Waals surface area contributed by atoms with Crippen molar-refractivity contribution < 1.29 is 31.1 Å². The third-order valence-electron chi connectivity index (χ3n) is 4.72. The average Bonchev–Trinajstić information content (AvgIpc) is 3.24. The molecule has 0 radical (unpaired) electrons. The van der Waals surface area contributed by atoms with Crippen LogP contribution in [-0.2, 0) is 12.4 Å². The maximum absolute atomic E-state index is 13.6. The summed E-state index contributed by atoms with van der Waals surface area (Å²) in [7, 11) is 0. The Morgan fingerprint density at radius 3 is 2.36 bits per heavy atom. The second kappa shape index (κ2) is 8.15. The molecule has 0 bridgehead atoms. The summed E-state index contributed by atoms with van der Waals surface area (Å²) >= 11 is 0. The van der Waals surface area contributed by atoms with Gasteiger partial charge in [0.15, 0.2) is 5.65 Å². The van der Waals surface area contributed by atoms with Crippen LogP contribution < -0.4 is 5.32 Å².